The van der Waals surface area contributed by atoms with Crippen molar-refractivity contribution in [2.45, 2.75) is 71.4 Å². The molecule has 0 saturated heterocycles. The zero-order valence-corrected chi connectivity index (χ0v) is 24.4. The summed E-state index contributed by atoms with van der Waals surface area (Å²) in [5.74, 6) is -1.04. The van der Waals surface area contributed by atoms with Gasteiger partial charge >= 0.3 is 0 Å². The van der Waals surface area contributed by atoms with Crippen molar-refractivity contribution in [2.24, 2.45) is 11.8 Å². The van der Waals surface area contributed by atoms with Gasteiger partial charge in [0.2, 0.25) is 18.2 Å². The van der Waals surface area contributed by atoms with Crippen LogP contribution in [0.25, 0.3) is 0 Å². The SMILES string of the molecule is CCC[C@@H]([C@@H](CC(C)C)C(=O)N[C@@H](CCCCNC(=O)c1cccc(OC)c1)C(=O)Nc1nccs1)N(O)C=O. The number of carbonyl (C=O) groups excluding carboxylic acids is 4. The Hall–Kier alpha value is -3.51. The van der Waals surface area contributed by atoms with Crippen LogP contribution >= 0.6 is 11.3 Å². The Labute approximate surface area is 239 Å². The number of hydrogen-bond acceptors (Lipinski definition) is 8. The molecule has 12 heteroatoms. The van der Waals surface area contributed by atoms with Crippen LogP contribution in [0.2, 0.25) is 0 Å². The number of nitrogens with zero attached hydrogens (tertiary/aromatic N) is 2. The maximum absolute atomic E-state index is 13.5. The van der Waals surface area contributed by atoms with Crippen molar-refractivity contribution >= 4 is 40.6 Å². The molecule has 1 aromatic carbocycles. The van der Waals surface area contributed by atoms with Crippen LogP contribution in [0.4, 0.5) is 5.13 Å². The van der Waals surface area contributed by atoms with Gasteiger partial charge in [0.05, 0.1) is 19.1 Å². The molecule has 0 aliphatic rings. The molecule has 3 atom stereocenters. The number of hydroxylamine groups is 2. The quantitative estimate of drug-likeness (QED) is 0.0912. The van der Waals surface area contributed by atoms with Gasteiger partial charge in [-0.1, -0.05) is 33.3 Å². The molecule has 0 unspecified atom stereocenters. The fourth-order valence-corrected chi connectivity index (χ4v) is 4.94. The van der Waals surface area contributed by atoms with E-state index in [0.717, 1.165) is 0 Å². The molecule has 2 aromatic rings. The average molecular weight is 576 g/mol. The Morgan fingerprint density at radius 2 is 1.95 bits per heavy atom. The second-order valence-electron chi connectivity index (χ2n) is 9.95. The summed E-state index contributed by atoms with van der Waals surface area (Å²) in [5.41, 5.74) is 0.485. The third-order valence-electron chi connectivity index (χ3n) is 6.39. The molecule has 0 fully saturated rings. The van der Waals surface area contributed by atoms with Crippen molar-refractivity contribution < 1.29 is 29.1 Å². The van der Waals surface area contributed by atoms with Gasteiger partial charge in [-0.2, -0.15) is 0 Å². The number of unbranched alkanes of at least 4 members (excludes halogenated alkanes) is 1. The molecule has 0 bridgehead atoms. The van der Waals surface area contributed by atoms with E-state index < -0.39 is 29.8 Å². The summed E-state index contributed by atoms with van der Waals surface area (Å²) >= 11 is 1.27. The number of carbonyl (C=O) groups is 4. The van der Waals surface area contributed by atoms with E-state index in [9.17, 15) is 24.4 Å². The van der Waals surface area contributed by atoms with Gasteiger partial charge in [0.25, 0.3) is 5.91 Å². The van der Waals surface area contributed by atoms with Gasteiger partial charge in [0, 0.05) is 23.7 Å². The zero-order chi connectivity index (χ0) is 29.5. The molecule has 0 spiro atoms. The molecule has 0 saturated carbocycles. The number of hydrogen-bond donors (Lipinski definition) is 4. The monoisotopic (exact) mass is 575 g/mol. The Kier molecular flexibility index (Phi) is 14.1. The van der Waals surface area contributed by atoms with Gasteiger partial charge in [-0.3, -0.25) is 24.4 Å². The topological polar surface area (TPSA) is 150 Å². The number of amides is 4. The molecule has 1 heterocycles. The summed E-state index contributed by atoms with van der Waals surface area (Å²) in [7, 11) is 1.54. The number of rotatable bonds is 18. The van der Waals surface area contributed by atoms with Gasteiger partial charge in [-0.15, -0.1) is 11.3 Å². The summed E-state index contributed by atoms with van der Waals surface area (Å²) < 4.78 is 5.16. The second-order valence-corrected chi connectivity index (χ2v) is 10.8. The van der Waals surface area contributed by atoms with Gasteiger partial charge in [-0.25, -0.2) is 10.0 Å². The highest BCUT2D eigenvalue weighted by atomic mass is 32.1. The van der Waals surface area contributed by atoms with E-state index in [2.05, 4.69) is 20.9 Å². The molecule has 11 nitrogen and oxygen atoms in total. The minimum absolute atomic E-state index is 0.117. The highest BCUT2D eigenvalue weighted by Gasteiger charge is 2.34. The summed E-state index contributed by atoms with van der Waals surface area (Å²) in [4.78, 5) is 54.5. The minimum Gasteiger partial charge on any atom is -0.497 e. The van der Waals surface area contributed by atoms with Crippen LogP contribution in [0.5, 0.6) is 5.75 Å². The van der Waals surface area contributed by atoms with Crippen LogP contribution in [0.15, 0.2) is 35.8 Å². The fourth-order valence-electron chi connectivity index (χ4n) is 4.41. The van der Waals surface area contributed by atoms with E-state index in [1.807, 2.05) is 20.8 Å². The van der Waals surface area contributed by atoms with Gasteiger partial charge in [-0.05, 0) is 56.2 Å². The van der Waals surface area contributed by atoms with Crippen molar-refractivity contribution in [2.75, 3.05) is 19.0 Å². The fraction of sp³-hybridized carbons (Fsp3) is 0.536. The Morgan fingerprint density at radius 3 is 2.58 bits per heavy atom. The van der Waals surface area contributed by atoms with E-state index in [0.29, 0.717) is 73.0 Å². The maximum Gasteiger partial charge on any atom is 0.251 e. The standard InChI is InChI=1S/C28H41N5O6S/c1-5-9-24(33(38)18-34)22(16-19(2)3)26(36)31-23(27(37)32-28-30-14-15-40-28)12-6-7-13-29-25(35)20-10-8-11-21(17-20)39-4/h8,10-11,14-15,17-19,22-24,38H,5-7,9,12-13,16H2,1-4H3,(H,29,35)(H,31,36)(H,30,32,37)/t22-,23+,24+/m1/s1. The van der Waals surface area contributed by atoms with Crippen LogP contribution in [0.3, 0.4) is 0 Å². The number of ether oxygens (including phenoxy) is 1. The van der Waals surface area contributed by atoms with Crippen molar-refractivity contribution in [1.29, 1.82) is 0 Å². The summed E-state index contributed by atoms with van der Waals surface area (Å²) in [6.45, 7) is 6.21. The van der Waals surface area contributed by atoms with Crippen LogP contribution < -0.4 is 20.7 Å². The molecule has 2 rings (SSSR count). The molecule has 1 aromatic heterocycles. The van der Waals surface area contributed by atoms with Gasteiger partial charge in [0.15, 0.2) is 5.13 Å². The summed E-state index contributed by atoms with van der Waals surface area (Å²) in [6, 6.07) is 5.27. The van der Waals surface area contributed by atoms with E-state index in [1.165, 1.54) is 18.4 Å². The van der Waals surface area contributed by atoms with E-state index in [-0.39, 0.29) is 11.8 Å². The smallest absolute Gasteiger partial charge is 0.251 e. The van der Waals surface area contributed by atoms with E-state index in [4.69, 9.17) is 4.74 Å². The zero-order valence-electron chi connectivity index (χ0n) is 23.6. The second kappa shape index (κ2) is 17.2. The van der Waals surface area contributed by atoms with E-state index in [1.54, 1.807) is 35.8 Å². The van der Waals surface area contributed by atoms with Crippen LogP contribution in [-0.2, 0) is 14.4 Å². The largest absolute Gasteiger partial charge is 0.497 e. The number of thiazole rings is 1. The molecule has 40 heavy (non-hydrogen) atoms. The molecular weight excluding hydrogens is 534 g/mol. The van der Waals surface area contributed by atoms with Crippen molar-refractivity contribution in [1.82, 2.24) is 20.7 Å². The minimum atomic E-state index is -0.870. The number of anilines is 1. The molecule has 0 aliphatic heterocycles. The summed E-state index contributed by atoms with van der Waals surface area (Å²) in [6.07, 6.45) is 4.85. The van der Waals surface area contributed by atoms with Crippen LogP contribution in [0, 0.1) is 11.8 Å². The molecule has 4 N–H and O–H groups in total. The first-order valence-corrected chi connectivity index (χ1v) is 14.4. The molecular formula is C28H41N5O6S. The summed E-state index contributed by atoms with van der Waals surface area (Å²) in [5, 5.41) is 21.4. The Morgan fingerprint density at radius 1 is 1.18 bits per heavy atom. The number of benzene rings is 1. The lowest BCUT2D eigenvalue weighted by molar-refractivity contribution is -0.169. The van der Waals surface area contributed by atoms with E-state index >= 15 is 0 Å². The number of aromatic nitrogens is 1. The third kappa shape index (κ3) is 10.6. The highest BCUT2D eigenvalue weighted by molar-refractivity contribution is 7.13. The van der Waals surface area contributed by atoms with Crippen LogP contribution in [0.1, 0.15) is 69.7 Å². The molecule has 220 valence electrons. The normalized spacial score (nSPS) is 13.2. The Balaban J connectivity index is 2.06. The molecule has 0 radical (unpaired) electrons. The lowest BCUT2D eigenvalue weighted by atomic mass is 9.86. The first-order chi connectivity index (χ1) is 19.2. The van der Waals surface area contributed by atoms with Crippen molar-refractivity contribution in [3.63, 3.8) is 0 Å². The lowest BCUT2D eigenvalue weighted by Crippen LogP contribution is -2.51. The first kappa shape index (κ1) is 32.7. The van der Waals surface area contributed by atoms with Gasteiger partial charge < -0.3 is 20.7 Å². The van der Waals surface area contributed by atoms with Gasteiger partial charge in [0.1, 0.15) is 11.8 Å². The van der Waals surface area contributed by atoms with Crippen molar-refractivity contribution in [3.8, 4) is 5.75 Å². The maximum atomic E-state index is 13.5. The predicted molar refractivity (Wildman–Crippen MR) is 153 cm³/mol. The number of methoxy groups -OCH3 is 1. The molecule has 4 amide bonds. The highest BCUT2D eigenvalue weighted by Crippen LogP contribution is 2.23. The van der Waals surface area contributed by atoms with Crippen LogP contribution in [-0.4, -0.2) is 65.1 Å². The Bertz CT molecular complexity index is 1080. The third-order valence-corrected chi connectivity index (χ3v) is 7.08. The molecule has 0 aliphatic carbocycles. The predicted octanol–water partition coefficient (Wildman–Crippen LogP) is 3.85. The van der Waals surface area contributed by atoms with Crippen molar-refractivity contribution in [3.05, 3.63) is 41.4 Å². The number of nitrogens with one attached hydrogen (secondary N) is 3. The average Bonchev–Trinajstić information content (AvgIpc) is 3.46. The first-order valence-electron chi connectivity index (χ1n) is 13.6. The lowest BCUT2D eigenvalue weighted by Gasteiger charge is -2.32.